The van der Waals surface area contributed by atoms with Crippen molar-refractivity contribution < 1.29 is 5.11 Å². The minimum absolute atomic E-state index is 0.512. The number of benzene rings is 1. The Labute approximate surface area is 192 Å². The molecule has 0 bridgehead atoms. The first kappa shape index (κ1) is 27.4. The molecule has 0 heterocycles. The van der Waals surface area contributed by atoms with Gasteiger partial charge in [-0.3, -0.25) is 0 Å². The Hall–Kier alpha value is -0.630. The second-order valence-electron chi connectivity index (χ2n) is 9.02. The molecule has 1 N–H and O–H groups in total. The molecule has 30 heavy (non-hydrogen) atoms. The summed E-state index contributed by atoms with van der Waals surface area (Å²) < 4.78 is 0. The first-order valence-corrected chi connectivity index (χ1v) is 14.3. The second kappa shape index (κ2) is 20.3. The Morgan fingerprint density at radius 3 is 1.70 bits per heavy atom. The van der Waals surface area contributed by atoms with Crippen LogP contribution in [0.25, 0.3) is 0 Å². The predicted molar refractivity (Wildman–Crippen MR) is 138 cm³/mol. The summed E-state index contributed by atoms with van der Waals surface area (Å²) >= 11 is 2.05. The highest BCUT2D eigenvalue weighted by Gasteiger charge is 2.08. The van der Waals surface area contributed by atoms with Gasteiger partial charge in [-0.05, 0) is 42.2 Å². The van der Waals surface area contributed by atoms with Crippen LogP contribution in [0.5, 0.6) is 5.75 Å². The molecule has 0 radical (unpaired) electrons. The molecule has 0 aliphatic rings. The average Bonchev–Trinajstić information content (AvgIpc) is 2.75. The molecule has 0 unspecified atom stereocenters. The molecule has 0 atom stereocenters. The molecule has 174 valence electrons. The summed E-state index contributed by atoms with van der Waals surface area (Å²) in [6.07, 6.45) is 24.4. The molecule has 0 aliphatic heterocycles. The van der Waals surface area contributed by atoms with Crippen molar-refractivity contribution in [3.63, 3.8) is 0 Å². The first-order chi connectivity index (χ1) is 14.8. The van der Waals surface area contributed by atoms with Crippen molar-refractivity contribution in [2.45, 2.75) is 135 Å². The Kier molecular flexibility index (Phi) is 18.5. The van der Waals surface area contributed by atoms with Gasteiger partial charge < -0.3 is 5.11 Å². The summed E-state index contributed by atoms with van der Waals surface area (Å²) in [6, 6.07) is 6.11. The summed E-state index contributed by atoms with van der Waals surface area (Å²) in [5.74, 6) is 2.82. The van der Waals surface area contributed by atoms with E-state index in [0.717, 1.165) is 12.2 Å². The summed E-state index contributed by atoms with van der Waals surface area (Å²) in [7, 11) is 0. The number of unbranched alkanes of at least 4 members (excludes halogenated alkanes) is 15. The monoisotopic (exact) mass is 434 g/mol. The number of phenols is 1. The van der Waals surface area contributed by atoms with E-state index in [1.165, 1.54) is 126 Å². The molecule has 0 saturated heterocycles. The zero-order chi connectivity index (χ0) is 21.7. The fourth-order valence-corrected chi connectivity index (χ4v) is 5.22. The standard InChI is InChI=1S/C28H50OS/c1-3-5-7-9-11-12-13-15-17-19-24-30-25-26-21-20-23-28(29)27(26)22-18-16-14-10-8-6-4-2/h20-21,23,29H,3-19,22,24-25H2,1-2H3. The van der Waals surface area contributed by atoms with Crippen molar-refractivity contribution in [1.82, 2.24) is 0 Å². The van der Waals surface area contributed by atoms with Gasteiger partial charge in [0.25, 0.3) is 0 Å². The molecule has 0 spiro atoms. The van der Waals surface area contributed by atoms with E-state index in [1.54, 1.807) is 0 Å². The van der Waals surface area contributed by atoms with E-state index in [2.05, 4.69) is 19.9 Å². The molecule has 0 aliphatic carbocycles. The maximum Gasteiger partial charge on any atom is 0.119 e. The highest BCUT2D eigenvalue weighted by atomic mass is 32.2. The van der Waals surface area contributed by atoms with Crippen molar-refractivity contribution in [2.75, 3.05) is 5.75 Å². The maximum absolute atomic E-state index is 10.3. The van der Waals surface area contributed by atoms with Gasteiger partial charge in [0.2, 0.25) is 0 Å². The van der Waals surface area contributed by atoms with E-state index in [4.69, 9.17) is 0 Å². The Morgan fingerprint density at radius 2 is 1.13 bits per heavy atom. The van der Waals surface area contributed by atoms with Crippen LogP contribution in [0.2, 0.25) is 0 Å². The van der Waals surface area contributed by atoms with E-state index < -0.39 is 0 Å². The van der Waals surface area contributed by atoms with Crippen molar-refractivity contribution in [2.24, 2.45) is 0 Å². The van der Waals surface area contributed by atoms with Crippen molar-refractivity contribution in [3.05, 3.63) is 29.3 Å². The Morgan fingerprint density at radius 1 is 0.633 bits per heavy atom. The number of hydrogen-bond donors (Lipinski definition) is 1. The van der Waals surface area contributed by atoms with E-state index in [0.29, 0.717) is 5.75 Å². The van der Waals surface area contributed by atoms with Gasteiger partial charge in [0.1, 0.15) is 5.75 Å². The lowest BCUT2D eigenvalue weighted by Crippen LogP contribution is -1.95. The topological polar surface area (TPSA) is 20.2 Å². The summed E-state index contributed by atoms with van der Waals surface area (Å²) in [4.78, 5) is 0. The van der Waals surface area contributed by atoms with Crippen LogP contribution in [0.1, 0.15) is 134 Å². The van der Waals surface area contributed by atoms with Gasteiger partial charge in [-0.15, -0.1) is 0 Å². The smallest absolute Gasteiger partial charge is 0.119 e. The first-order valence-electron chi connectivity index (χ1n) is 13.2. The molecule has 1 nitrogen and oxygen atoms in total. The van der Waals surface area contributed by atoms with Crippen molar-refractivity contribution in [3.8, 4) is 5.75 Å². The van der Waals surface area contributed by atoms with E-state index in [9.17, 15) is 5.11 Å². The van der Waals surface area contributed by atoms with Crippen LogP contribution >= 0.6 is 11.8 Å². The lowest BCUT2D eigenvalue weighted by atomic mass is 10.00. The van der Waals surface area contributed by atoms with Gasteiger partial charge in [0.05, 0.1) is 0 Å². The van der Waals surface area contributed by atoms with Gasteiger partial charge >= 0.3 is 0 Å². The summed E-state index contributed by atoms with van der Waals surface area (Å²) in [6.45, 7) is 4.56. The third-order valence-corrected chi connectivity index (χ3v) is 7.27. The highest BCUT2D eigenvalue weighted by molar-refractivity contribution is 7.98. The summed E-state index contributed by atoms with van der Waals surface area (Å²) in [5.41, 5.74) is 2.57. The minimum atomic E-state index is 0.512. The van der Waals surface area contributed by atoms with Crippen LogP contribution in [-0.4, -0.2) is 10.9 Å². The second-order valence-corrected chi connectivity index (χ2v) is 10.1. The predicted octanol–water partition coefficient (Wildman–Crippen LogP) is 9.84. The van der Waals surface area contributed by atoms with Crippen LogP contribution in [0.15, 0.2) is 18.2 Å². The number of aromatic hydroxyl groups is 1. The molecule has 0 saturated carbocycles. The molecule has 1 rings (SSSR count). The van der Waals surface area contributed by atoms with E-state index in [1.807, 2.05) is 23.9 Å². The molecular weight excluding hydrogens is 384 g/mol. The molecule has 2 heteroatoms. The average molecular weight is 435 g/mol. The van der Waals surface area contributed by atoms with E-state index >= 15 is 0 Å². The van der Waals surface area contributed by atoms with Gasteiger partial charge in [0.15, 0.2) is 0 Å². The highest BCUT2D eigenvalue weighted by Crippen LogP contribution is 2.27. The molecule has 1 aromatic rings. The van der Waals surface area contributed by atoms with Gasteiger partial charge in [-0.2, -0.15) is 11.8 Å². The molecule has 0 aromatic heterocycles. The molecule has 1 aromatic carbocycles. The van der Waals surface area contributed by atoms with Crippen LogP contribution in [-0.2, 0) is 12.2 Å². The minimum Gasteiger partial charge on any atom is -0.508 e. The zero-order valence-corrected chi connectivity index (χ0v) is 21.0. The SMILES string of the molecule is CCCCCCCCCCCCSCc1cccc(O)c1CCCCCCCCC. The number of rotatable bonds is 21. The fourth-order valence-electron chi connectivity index (χ4n) is 4.18. The lowest BCUT2D eigenvalue weighted by molar-refractivity contribution is 0.465. The fraction of sp³-hybridized carbons (Fsp3) is 0.786. The Balaban J connectivity index is 2.10. The third kappa shape index (κ3) is 14.4. The Bertz CT molecular complexity index is 499. The van der Waals surface area contributed by atoms with Crippen LogP contribution in [0.4, 0.5) is 0 Å². The summed E-state index contributed by atoms with van der Waals surface area (Å²) in [5, 5.41) is 10.3. The molecular formula is C28H50OS. The number of thioether (sulfide) groups is 1. The number of hydrogen-bond acceptors (Lipinski definition) is 2. The van der Waals surface area contributed by atoms with Crippen LogP contribution < -0.4 is 0 Å². The van der Waals surface area contributed by atoms with Crippen LogP contribution in [0.3, 0.4) is 0 Å². The van der Waals surface area contributed by atoms with Gasteiger partial charge in [-0.25, -0.2) is 0 Å². The normalized spacial score (nSPS) is 11.3. The lowest BCUT2D eigenvalue weighted by Gasteiger charge is -2.12. The quantitative estimate of drug-likeness (QED) is 0.194. The largest absolute Gasteiger partial charge is 0.508 e. The van der Waals surface area contributed by atoms with Gasteiger partial charge in [0, 0.05) is 5.75 Å². The maximum atomic E-state index is 10.3. The van der Waals surface area contributed by atoms with Crippen LogP contribution in [0, 0.1) is 0 Å². The number of phenolic OH excluding ortho intramolecular Hbond substituents is 1. The van der Waals surface area contributed by atoms with E-state index in [-0.39, 0.29) is 0 Å². The van der Waals surface area contributed by atoms with Gasteiger partial charge in [-0.1, -0.05) is 122 Å². The van der Waals surface area contributed by atoms with Crippen molar-refractivity contribution >= 4 is 11.8 Å². The molecule has 0 fully saturated rings. The zero-order valence-electron chi connectivity index (χ0n) is 20.2. The molecule has 0 amide bonds. The third-order valence-electron chi connectivity index (χ3n) is 6.18. The van der Waals surface area contributed by atoms with Crippen molar-refractivity contribution in [1.29, 1.82) is 0 Å².